The number of fused-ring (bicyclic) bond motifs is 1. The first-order valence-corrected chi connectivity index (χ1v) is 5.92. The van der Waals surface area contributed by atoms with Gasteiger partial charge < -0.3 is 14.8 Å². The van der Waals surface area contributed by atoms with Crippen LogP contribution in [-0.4, -0.2) is 10.1 Å². The summed E-state index contributed by atoms with van der Waals surface area (Å²) >= 11 is 0. The quantitative estimate of drug-likeness (QED) is 0.753. The van der Waals surface area contributed by atoms with Crippen molar-refractivity contribution in [3.05, 3.63) is 60.0 Å². The second kappa shape index (κ2) is 4.74. The molecule has 0 aliphatic rings. The smallest absolute Gasteiger partial charge is 0.165 e. The fourth-order valence-corrected chi connectivity index (χ4v) is 2.01. The highest BCUT2D eigenvalue weighted by Gasteiger charge is 2.09. The molecule has 1 heterocycles. The van der Waals surface area contributed by atoms with Crippen LogP contribution in [0.2, 0.25) is 0 Å². The van der Waals surface area contributed by atoms with Crippen molar-refractivity contribution in [1.29, 1.82) is 0 Å². The number of hydrogen-bond donors (Lipinski definition) is 2. The average molecular weight is 257 g/mol. The second-order valence-corrected chi connectivity index (χ2v) is 4.20. The molecule has 3 nitrogen and oxygen atoms in total. The van der Waals surface area contributed by atoms with Gasteiger partial charge in [0, 0.05) is 16.6 Å². The van der Waals surface area contributed by atoms with Gasteiger partial charge in [0.05, 0.1) is 6.61 Å². The fraction of sp³-hybridized carbons (Fsp3) is 0.0667. The lowest BCUT2D eigenvalue weighted by molar-refractivity contribution is 0.278. The first kappa shape index (κ1) is 11.7. The molecule has 3 rings (SSSR count). The Labute approximate surface area is 109 Å². The van der Waals surface area contributed by atoms with Gasteiger partial charge in [-0.2, -0.15) is 0 Å². The molecule has 0 radical (unpaired) electrons. The van der Waals surface area contributed by atoms with Gasteiger partial charge in [-0.15, -0.1) is 0 Å². The average Bonchev–Trinajstić information content (AvgIpc) is 2.85. The number of para-hydroxylation sites is 1. The highest BCUT2D eigenvalue weighted by Crippen LogP contribution is 2.31. The van der Waals surface area contributed by atoms with E-state index in [2.05, 4.69) is 4.98 Å². The van der Waals surface area contributed by atoms with E-state index in [9.17, 15) is 4.39 Å². The molecule has 0 amide bonds. The standard InChI is InChI=1S/C15H12FNO2/c16-12-4-1-2-6-15(12)19-14-7-3-5-13-11(14)8-10(9-18)17-13/h1-8,17-18H,9H2. The Hall–Kier alpha value is -2.33. The van der Waals surface area contributed by atoms with E-state index in [1.165, 1.54) is 6.07 Å². The van der Waals surface area contributed by atoms with Gasteiger partial charge in [-0.05, 0) is 30.3 Å². The number of H-pyrrole nitrogens is 1. The van der Waals surface area contributed by atoms with Gasteiger partial charge >= 0.3 is 0 Å². The molecule has 19 heavy (non-hydrogen) atoms. The summed E-state index contributed by atoms with van der Waals surface area (Å²) in [5.74, 6) is 0.331. The van der Waals surface area contributed by atoms with E-state index in [0.717, 1.165) is 10.9 Å². The third-order valence-corrected chi connectivity index (χ3v) is 2.91. The van der Waals surface area contributed by atoms with Crippen LogP contribution in [0, 0.1) is 5.82 Å². The van der Waals surface area contributed by atoms with Gasteiger partial charge in [0.1, 0.15) is 5.75 Å². The minimum atomic E-state index is -0.405. The summed E-state index contributed by atoms with van der Waals surface area (Å²) in [5.41, 5.74) is 1.54. The van der Waals surface area contributed by atoms with Crippen molar-refractivity contribution in [2.75, 3.05) is 0 Å². The van der Waals surface area contributed by atoms with E-state index < -0.39 is 5.82 Å². The lowest BCUT2D eigenvalue weighted by Crippen LogP contribution is -1.87. The molecule has 3 aromatic rings. The van der Waals surface area contributed by atoms with E-state index in [1.54, 1.807) is 30.3 Å². The Bertz CT molecular complexity index is 721. The van der Waals surface area contributed by atoms with Crippen molar-refractivity contribution in [3.63, 3.8) is 0 Å². The van der Waals surface area contributed by atoms with Gasteiger partial charge in [-0.1, -0.05) is 18.2 Å². The molecule has 0 fully saturated rings. The number of halogens is 1. The minimum absolute atomic E-state index is 0.0756. The molecule has 0 bridgehead atoms. The summed E-state index contributed by atoms with van der Waals surface area (Å²) in [6.45, 7) is -0.0756. The monoisotopic (exact) mass is 257 g/mol. The summed E-state index contributed by atoms with van der Waals surface area (Å²) < 4.78 is 19.2. The molecule has 4 heteroatoms. The van der Waals surface area contributed by atoms with Crippen molar-refractivity contribution in [1.82, 2.24) is 4.98 Å². The summed E-state index contributed by atoms with van der Waals surface area (Å²) in [6, 6.07) is 13.5. The third-order valence-electron chi connectivity index (χ3n) is 2.91. The normalized spacial score (nSPS) is 10.8. The topological polar surface area (TPSA) is 45.2 Å². The van der Waals surface area contributed by atoms with E-state index >= 15 is 0 Å². The number of hydrogen-bond acceptors (Lipinski definition) is 2. The van der Waals surface area contributed by atoms with Crippen LogP contribution in [0.4, 0.5) is 4.39 Å². The fourth-order valence-electron chi connectivity index (χ4n) is 2.01. The predicted octanol–water partition coefficient (Wildman–Crippen LogP) is 3.59. The minimum Gasteiger partial charge on any atom is -0.454 e. The van der Waals surface area contributed by atoms with E-state index in [4.69, 9.17) is 9.84 Å². The lowest BCUT2D eigenvalue weighted by Gasteiger charge is -2.07. The van der Waals surface area contributed by atoms with Crippen molar-refractivity contribution < 1.29 is 14.2 Å². The molecular formula is C15H12FNO2. The number of aliphatic hydroxyl groups excluding tert-OH is 1. The zero-order chi connectivity index (χ0) is 13.2. The lowest BCUT2D eigenvalue weighted by atomic mass is 10.2. The number of aromatic nitrogens is 1. The van der Waals surface area contributed by atoms with Crippen LogP contribution in [0.1, 0.15) is 5.69 Å². The van der Waals surface area contributed by atoms with E-state index in [-0.39, 0.29) is 12.4 Å². The van der Waals surface area contributed by atoms with Gasteiger partial charge in [0.2, 0.25) is 0 Å². The Morgan fingerprint density at radius 1 is 1.05 bits per heavy atom. The van der Waals surface area contributed by atoms with Crippen LogP contribution in [0.3, 0.4) is 0 Å². The van der Waals surface area contributed by atoms with Gasteiger partial charge in [0.15, 0.2) is 11.6 Å². The zero-order valence-electron chi connectivity index (χ0n) is 10.1. The molecule has 0 unspecified atom stereocenters. The molecule has 0 saturated carbocycles. The van der Waals surface area contributed by atoms with Crippen molar-refractivity contribution in [2.45, 2.75) is 6.61 Å². The Balaban J connectivity index is 2.05. The van der Waals surface area contributed by atoms with Gasteiger partial charge in [-0.25, -0.2) is 4.39 Å². The van der Waals surface area contributed by atoms with Crippen LogP contribution in [0.25, 0.3) is 10.9 Å². The third kappa shape index (κ3) is 2.18. The van der Waals surface area contributed by atoms with Crippen LogP contribution < -0.4 is 4.74 Å². The van der Waals surface area contributed by atoms with Crippen LogP contribution >= 0.6 is 0 Å². The van der Waals surface area contributed by atoms with Gasteiger partial charge in [0.25, 0.3) is 0 Å². The Morgan fingerprint density at radius 2 is 1.84 bits per heavy atom. The molecule has 0 saturated heterocycles. The summed E-state index contributed by atoms with van der Waals surface area (Å²) in [7, 11) is 0. The second-order valence-electron chi connectivity index (χ2n) is 4.20. The number of nitrogens with one attached hydrogen (secondary N) is 1. The maximum Gasteiger partial charge on any atom is 0.165 e. The van der Waals surface area contributed by atoms with Crippen molar-refractivity contribution in [3.8, 4) is 11.5 Å². The number of rotatable bonds is 3. The SMILES string of the molecule is OCc1cc2c(Oc3ccccc3F)cccc2[nH]1. The molecule has 0 atom stereocenters. The number of benzene rings is 2. The Morgan fingerprint density at radius 3 is 2.63 bits per heavy atom. The molecule has 2 N–H and O–H groups in total. The highest BCUT2D eigenvalue weighted by molar-refractivity contribution is 5.87. The maximum absolute atomic E-state index is 13.6. The first-order valence-electron chi connectivity index (χ1n) is 5.92. The maximum atomic E-state index is 13.6. The molecule has 1 aromatic heterocycles. The molecule has 0 aliphatic heterocycles. The van der Waals surface area contributed by atoms with E-state index in [1.807, 2.05) is 12.1 Å². The molecule has 0 aliphatic carbocycles. The number of ether oxygens (including phenoxy) is 1. The Kier molecular flexibility index (Phi) is 2.93. The predicted molar refractivity (Wildman–Crippen MR) is 70.7 cm³/mol. The molecule has 2 aromatic carbocycles. The molecule has 96 valence electrons. The molecular weight excluding hydrogens is 245 g/mol. The summed E-state index contributed by atoms with van der Waals surface area (Å²) in [5, 5.41) is 9.95. The number of aromatic amines is 1. The zero-order valence-corrected chi connectivity index (χ0v) is 10.1. The number of aliphatic hydroxyl groups is 1. The highest BCUT2D eigenvalue weighted by atomic mass is 19.1. The summed E-state index contributed by atoms with van der Waals surface area (Å²) in [6.07, 6.45) is 0. The van der Waals surface area contributed by atoms with Gasteiger partial charge in [-0.3, -0.25) is 0 Å². The van der Waals surface area contributed by atoms with E-state index in [0.29, 0.717) is 11.4 Å². The van der Waals surface area contributed by atoms with Crippen LogP contribution in [0.5, 0.6) is 11.5 Å². The molecule has 0 spiro atoms. The van der Waals surface area contributed by atoms with Crippen LogP contribution in [0.15, 0.2) is 48.5 Å². The largest absolute Gasteiger partial charge is 0.454 e. The van der Waals surface area contributed by atoms with Crippen molar-refractivity contribution >= 4 is 10.9 Å². The van der Waals surface area contributed by atoms with Crippen molar-refractivity contribution in [2.24, 2.45) is 0 Å². The first-order chi connectivity index (χ1) is 9.28. The van der Waals surface area contributed by atoms with Crippen LogP contribution in [-0.2, 0) is 6.61 Å². The summed E-state index contributed by atoms with van der Waals surface area (Å²) in [4.78, 5) is 3.06.